The fraction of sp³-hybridized carbons (Fsp3) is 0.545. The van der Waals surface area contributed by atoms with Crippen LogP contribution in [0.3, 0.4) is 0 Å². The lowest BCUT2D eigenvalue weighted by molar-refractivity contribution is 0.0495. The second-order valence-electron chi connectivity index (χ2n) is 4.17. The van der Waals surface area contributed by atoms with Gasteiger partial charge in [-0.25, -0.2) is 14.6 Å². The number of nitrogen functional groups attached to an aromatic ring is 1. The summed E-state index contributed by atoms with van der Waals surface area (Å²) in [7, 11) is 0. The third-order valence-corrected chi connectivity index (χ3v) is 3.10. The summed E-state index contributed by atoms with van der Waals surface area (Å²) in [6, 6.07) is 0. The highest BCUT2D eigenvalue weighted by Crippen LogP contribution is 2.29. The zero-order valence-corrected chi connectivity index (χ0v) is 9.76. The van der Waals surface area contributed by atoms with Crippen LogP contribution >= 0.6 is 0 Å². The standard InChI is InChI=1S/C11H15N5O/c1-2-7-9-10(12)13-6-14-11(9)16(15-7)8-4-3-5-17-8/h6,8H,2-5H2,1H3,(H2,12,13,14). The van der Waals surface area contributed by atoms with Gasteiger partial charge >= 0.3 is 0 Å². The number of hydrogen-bond donors (Lipinski definition) is 1. The van der Waals surface area contributed by atoms with Gasteiger partial charge in [-0.15, -0.1) is 0 Å². The van der Waals surface area contributed by atoms with Gasteiger partial charge in [-0.2, -0.15) is 5.10 Å². The minimum atomic E-state index is -0.00731. The average molecular weight is 233 g/mol. The lowest BCUT2D eigenvalue weighted by atomic mass is 10.2. The summed E-state index contributed by atoms with van der Waals surface area (Å²) >= 11 is 0. The zero-order chi connectivity index (χ0) is 11.8. The quantitative estimate of drug-likeness (QED) is 0.845. The summed E-state index contributed by atoms with van der Waals surface area (Å²) in [4.78, 5) is 8.31. The van der Waals surface area contributed by atoms with Gasteiger partial charge in [0, 0.05) is 6.61 Å². The fourth-order valence-corrected chi connectivity index (χ4v) is 2.27. The third kappa shape index (κ3) is 1.56. The molecule has 0 spiro atoms. The number of fused-ring (bicyclic) bond motifs is 1. The molecule has 2 aromatic heterocycles. The normalized spacial score (nSPS) is 20.2. The Balaban J connectivity index is 2.21. The predicted molar refractivity (Wildman–Crippen MR) is 63.3 cm³/mol. The van der Waals surface area contributed by atoms with Crippen molar-refractivity contribution in [3.63, 3.8) is 0 Å². The molecule has 0 radical (unpaired) electrons. The van der Waals surface area contributed by atoms with Crippen molar-refractivity contribution in [2.24, 2.45) is 0 Å². The van der Waals surface area contributed by atoms with Crippen LogP contribution in [0, 0.1) is 0 Å². The Labute approximate surface area is 98.8 Å². The highest BCUT2D eigenvalue weighted by Gasteiger charge is 2.23. The lowest BCUT2D eigenvalue weighted by Crippen LogP contribution is -2.10. The summed E-state index contributed by atoms with van der Waals surface area (Å²) in [6.07, 6.45) is 4.32. The molecule has 0 aliphatic carbocycles. The topological polar surface area (TPSA) is 78.8 Å². The Bertz CT molecular complexity index is 544. The van der Waals surface area contributed by atoms with Gasteiger partial charge < -0.3 is 10.5 Å². The number of hydrogen-bond acceptors (Lipinski definition) is 5. The van der Waals surface area contributed by atoms with Crippen LogP contribution in [0.15, 0.2) is 6.33 Å². The van der Waals surface area contributed by atoms with E-state index in [1.165, 1.54) is 6.33 Å². The molecule has 1 unspecified atom stereocenters. The van der Waals surface area contributed by atoms with Crippen molar-refractivity contribution >= 4 is 16.9 Å². The molecular formula is C11H15N5O. The van der Waals surface area contributed by atoms with E-state index >= 15 is 0 Å². The molecule has 0 amide bonds. The molecule has 90 valence electrons. The van der Waals surface area contributed by atoms with E-state index in [-0.39, 0.29) is 6.23 Å². The molecule has 0 saturated carbocycles. The van der Waals surface area contributed by atoms with Crippen LogP contribution in [0.5, 0.6) is 0 Å². The Morgan fingerprint density at radius 2 is 2.41 bits per heavy atom. The van der Waals surface area contributed by atoms with Gasteiger partial charge in [0.15, 0.2) is 11.9 Å². The largest absolute Gasteiger partial charge is 0.383 e. The summed E-state index contributed by atoms with van der Waals surface area (Å²) in [5, 5.41) is 5.43. The molecule has 1 aliphatic rings. The molecule has 1 atom stereocenters. The van der Waals surface area contributed by atoms with Gasteiger partial charge in [0.1, 0.15) is 12.1 Å². The van der Waals surface area contributed by atoms with Crippen LogP contribution in [0.2, 0.25) is 0 Å². The number of nitrogens with zero attached hydrogens (tertiary/aromatic N) is 4. The number of aryl methyl sites for hydroxylation is 1. The maximum absolute atomic E-state index is 5.90. The van der Waals surface area contributed by atoms with Crippen LogP contribution in [0.25, 0.3) is 11.0 Å². The van der Waals surface area contributed by atoms with Gasteiger partial charge in [0.05, 0.1) is 11.1 Å². The summed E-state index contributed by atoms with van der Waals surface area (Å²) < 4.78 is 7.49. The summed E-state index contributed by atoms with van der Waals surface area (Å²) in [6.45, 7) is 2.84. The molecule has 1 saturated heterocycles. The second kappa shape index (κ2) is 3.96. The highest BCUT2D eigenvalue weighted by atomic mass is 16.5. The van der Waals surface area contributed by atoms with E-state index < -0.39 is 0 Å². The number of anilines is 1. The number of nitrogens with two attached hydrogens (primary N) is 1. The minimum absolute atomic E-state index is 0.00731. The molecular weight excluding hydrogens is 218 g/mol. The van der Waals surface area contributed by atoms with Gasteiger partial charge in [-0.1, -0.05) is 6.92 Å². The first-order valence-electron chi connectivity index (χ1n) is 5.90. The molecule has 6 nitrogen and oxygen atoms in total. The van der Waals surface area contributed by atoms with E-state index in [4.69, 9.17) is 10.5 Å². The maximum atomic E-state index is 5.90. The van der Waals surface area contributed by atoms with Crippen molar-refractivity contribution in [3.05, 3.63) is 12.0 Å². The van der Waals surface area contributed by atoms with Crippen molar-refractivity contribution < 1.29 is 4.74 Å². The molecule has 0 aromatic carbocycles. The van der Waals surface area contributed by atoms with Gasteiger partial charge in [-0.05, 0) is 19.3 Å². The molecule has 1 fully saturated rings. The first-order valence-corrected chi connectivity index (χ1v) is 5.90. The van der Waals surface area contributed by atoms with Crippen LogP contribution in [0.4, 0.5) is 5.82 Å². The van der Waals surface area contributed by atoms with Crippen molar-refractivity contribution in [1.29, 1.82) is 0 Å². The second-order valence-corrected chi connectivity index (χ2v) is 4.17. The van der Waals surface area contributed by atoms with Crippen molar-refractivity contribution in [1.82, 2.24) is 19.7 Å². The number of aromatic nitrogens is 4. The van der Waals surface area contributed by atoms with Gasteiger partial charge in [0.2, 0.25) is 0 Å². The number of ether oxygens (including phenoxy) is 1. The van der Waals surface area contributed by atoms with Crippen molar-refractivity contribution in [2.45, 2.75) is 32.4 Å². The summed E-state index contributed by atoms with van der Waals surface area (Å²) in [5.41, 5.74) is 7.62. The molecule has 0 bridgehead atoms. The smallest absolute Gasteiger partial charge is 0.166 e. The van der Waals surface area contributed by atoms with E-state index in [2.05, 4.69) is 15.1 Å². The number of rotatable bonds is 2. The van der Waals surface area contributed by atoms with E-state index in [0.29, 0.717) is 5.82 Å². The Morgan fingerprint density at radius 1 is 1.53 bits per heavy atom. The molecule has 17 heavy (non-hydrogen) atoms. The first-order chi connectivity index (χ1) is 8.31. The highest BCUT2D eigenvalue weighted by molar-refractivity contribution is 5.88. The summed E-state index contributed by atoms with van der Waals surface area (Å²) in [5.74, 6) is 0.496. The van der Waals surface area contributed by atoms with E-state index in [1.54, 1.807) is 0 Å². The van der Waals surface area contributed by atoms with Crippen molar-refractivity contribution in [3.8, 4) is 0 Å². The molecule has 6 heteroatoms. The minimum Gasteiger partial charge on any atom is -0.383 e. The van der Waals surface area contributed by atoms with Gasteiger partial charge in [-0.3, -0.25) is 0 Å². The van der Waals surface area contributed by atoms with Crippen LogP contribution in [0.1, 0.15) is 31.7 Å². The molecule has 3 rings (SSSR count). The SMILES string of the molecule is CCc1nn(C2CCCO2)c2ncnc(N)c12. The van der Waals surface area contributed by atoms with Crippen LogP contribution in [-0.4, -0.2) is 26.4 Å². The van der Waals surface area contributed by atoms with E-state index in [0.717, 1.165) is 42.6 Å². The molecule has 2 aromatic rings. The van der Waals surface area contributed by atoms with Crippen LogP contribution < -0.4 is 5.73 Å². The van der Waals surface area contributed by atoms with Crippen LogP contribution in [-0.2, 0) is 11.2 Å². The average Bonchev–Trinajstić information content (AvgIpc) is 2.95. The molecule has 3 heterocycles. The van der Waals surface area contributed by atoms with Crippen molar-refractivity contribution in [2.75, 3.05) is 12.3 Å². The Morgan fingerprint density at radius 3 is 3.12 bits per heavy atom. The molecule has 1 aliphatic heterocycles. The lowest BCUT2D eigenvalue weighted by Gasteiger charge is -2.10. The Kier molecular flexibility index (Phi) is 2.44. The Hall–Kier alpha value is -1.69. The maximum Gasteiger partial charge on any atom is 0.166 e. The van der Waals surface area contributed by atoms with Gasteiger partial charge in [0.25, 0.3) is 0 Å². The third-order valence-electron chi connectivity index (χ3n) is 3.10. The zero-order valence-electron chi connectivity index (χ0n) is 9.76. The van der Waals surface area contributed by atoms with E-state index in [1.807, 2.05) is 11.6 Å². The fourth-order valence-electron chi connectivity index (χ4n) is 2.27. The molecule has 2 N–H and O–H groups in total. The first kappa shape index (κ1) is 10.5. The predicted octanol–water partition coefficient (Wildman–Crippen LogP) is 1.28. The monoisotopic (exact) mass is 233 g/mol. The van der Waals surface area contributed by atoms with E-state index in [9.17, 15) is 0 Å².